The van der Waals surface area contributed by atoms with Gasteiger partial charge in [0.05, 0.1) is 5.69 Å². The molecule has 0 radical (unpaired) electrons. The number of rotatable bonds is 3. The van der Waals surface area contributed by atoms with E-state index in [1.54, 1.807) is 11.3 Å². The summed E-state index contributed by atoms with van der Waals surface area (Å²) in [6.07, 6.45) is 0. The Bertz CT molecular complexity index is 564. The second kappa shape index (κ2) is 5.43. The first-order valence-electron chi connectivity index (χ1n) is 6.64. The third-order valence-corrected chi connectivity index (χ3v) is 4.24. The summed E-state index contributed by atoms with van der Waals surface area (Å²) in [4.78, 5) is 6.05. The predicted octanol–water partition coefficient (Wildman–Crippen LogP) is 4.32. The SMILES string of the molecule is Cc1ccccc1-c1nc(C)c(CNC(C)(C)C)s1. The van der Waals surface area contributed by atoms with Crippen LogP contribution in [0.1, 0.15) is 36.9 Å². The van der Waals surface area contributed by atoms with E-state index in [1.165, 1.54) is 16.0 Å². The number of aryl methyl sites for hydroxylation is 2. The zero-order valence-corrected chi connectivity index (χ0v) is 13.2. The van der Waals surface area contributed by atoms with Crippen LogP contribution < -0.4 is 5.32 Å². The molecular formula is C16H22N2S. The molecule has 1 aromatic heterocycles. The lowest BCUT2D eigenvalue weighted by atomic mass is 10.1. The van der Waals surface area contributed by atoms with E-state index in [0.717, 1.165) is 17.2 Å². The van der Waals surface area contributed by atoms with E-state index in [2.05, 4.69) is 64.2 Å². The van der Waals surface area contributed by atoms with Gasteiger partial charge in [0.2, 0.25) is 0 Å². The van der Waals surface area contributed by atoms with Crippen molar-refractivity contribution in [3.05, 3.63) is 40.4 Å². The van der Waals surface area contributed by atoms with Crippen LogP contribution in [0.5, 0.6) is 0 Å². The minimum Gasteiger partial charge on any atom is -0.307 e. The smallest absolute Gasteiger partial charge is 0.124 e. The topological polar surface area (TPSA) is 24.9 Å². The standard InChI is InChI=1S/C16H22N2S/c1-11-8-6-7-9-13(11)15-18-12(2)14(19-15)10-17-16(3,4)5/h6-9,17H,10H2,1-5H3. The lowest BCUT2D eigenvalue weighted by molar-refractivity contribution is 0.425. The van der Waals surface area contributed by atoms with Gasteiger partial charge in [0.15, 0.2) is 0 Å². The summed E-state index contributed by atoms with van der Waals surface area (Å²) in [7, 11) is 0. The van der Waals surface area contributed by atoms with Crippen LogP contribution in [-0.4, -0.2) is 10.5 Å². The van der Waals surface area contributed by atoms with Crippen molar-refractivity contribution in [2.24, 2.45) is 0 Å². The number of nitrogens with zero attached hydrogens (tertiary/aromatic N) is 1. The molecule has 2 rings (SSSR count). The highest BCUT2D eigenvalue weighted by Crippen LogP contribution is 2.30. The zero-order chi connectivity index (χ0) is 14.0. The molecule has 102 valence electrons. The van der Waals surface area contributed by atoms with Crippen LogP contribution in [0.2, 0.25) is 0 Å². The molecule has 0 unspecified atom stereocenters. The zero-order valence-electron chi connectivity index (χ0n) is 12.4. The van der Waals surface area contributed by atoms with E-state index < -0.39 is 0 Å². The maximum absolute atomic E-state index is 4.72. The van der Waals surface area contributed by atoms with Gasteiger partial charge in [-0.15, -0.1) is 11.3 Å². The first-order chi connectivity index (χ1) is 8.87. The maximum atomic E-state index is 4.72. The summed E-state index contributed by atoms with van der Waals surface area (Å²) in [6, 6.07) is 8.43. The minimum atomic E-state index is 0.138. The lowest BCUT2D eigenvalue weighted by Crippen LogP contribution is -2.34. The van der Waals surface area contributed by atoms with Crippen LogP contribution in [-0.2, 0) is 6.54 Å². The van der Waals surface area contributed by atoms with Crippen molar-refractivity contribution in [1.29, 1.82) is 0 Å². The van der Waals surface area contributed by atoms with E-state index in [0.29, 0.717) is 0 Å². The summed E-state index contributed by atoms with van der Waals surface area (Å²) >= 11 is 1.79. The minimum absolute atomic E-state index is 0.138. The summed E-state index contributed by atoms with van der Waals surface area (Å²) in [5.41, 5.74) is 3.81. The molecule has 1 aromatic carbocycles. The van der Waals surface area contributed by atoms with Crippen molar-refractivity contribution >= 4 is 11.3 Å². The molecule has 2 nitrogen and oxygen atoms in total. The highest BCUT2D eigenvalue weighted by Gasteiger charge is 2.14. The van der Waals surface area contributed by atoms with E-state index >= 15 is 0 Å². The second-order valence-electron chi connectivity index (χ2n) is 5.95. The molecule has 1 N–H and O–H groups in total. The fraction of sp³-hybridized carbons (Fsp3) is 0.438. The lowest BCUT2D eigenvalue weighted by Gasteiger charge is -2.19. The van der Waals surface area contributed by atoms with Crippen LogP contribution in [0.25, 0.3) is 10.6 Å². The molecule has 0 bridgehead atoms. The first-order valence-corrected chi connectivity index (χ1v) is 7.46. The molecule has 0 aliphatic rings. The van der Waals surface area contributed by atoms with Gasteiger partial charge in [0.25, 0.3) is 0 Å². The quantitative estimate of drug-likeness (QED) is 0.902. The Labute approximate surface area is 119 Å². The first kappa shape index (κ1) is 14.2. The van der Waals surface area contributed by atoms with Crippen LogP contribution in [0.4, 0.5) is 0 Å². The molecule has 0 aliphatic carbocycles. The van der Waals surface area contributed by atoms with Gasteiger partial charge in [-0.25, -0.2) is 4.98 Å². The van der Waals surface area contributed by atoms with Crippen LogP contribution in [0.15, 0.2) is 24.3 Å². The molecule has 0 saturated carbocycles. The van der Waals surface area contributed by atoms with E-state index in [-0.39, 0.29) is 5.54 Å². The second-order valence-corrected chi connectivity index (χ2v) is 7.03. The Morgan fingerprint density at radius 1 is 1.16 bits per heavy atom. The summed E-state index contributed by atoms with van der Waals surface area (Å²) < 4.78 is 0. The van der Waals surface area contributed by atoms with E-state index in [1.807, 2.05) is 0 Å². The van der Waals surface area contributed by atoms with Crippen molar-refractivity contribution < 1.29 is 0 Å². The van der Waals surface area contributed by atoms with Crippen molar-refractivity contribution in [2.75, 3.05) is 0 Å². The van der Waals surface area contributed by atoms with Crippen molar-refractivity contribution in [3.8, 4) is 10.6 Å². The normalized spacial score (nSPS) is 11.8. The van der Waals surface area contributed by atoms with Crippen LogP contribution in [0.3, 0.4) is 0 Å². The van der Waals surface area contributed by atoms with Gasteiger partial charge < -0.3 is 5.32 Å². The molecule has 0 aliphatic heterocycles. The summed E-state index contributed by atoms with van der Waals surface area (Å²) in [5.74, 6) is 0. The highest BCUT2D eigenvalue weighted by molar-refractivity contribution is 7.15. The largest absolute Gasteiger partial charge is 0.307 e. The summed E-state index contributed by atoms with van der Waals surface area (Å²) in [6.45, 7) is 11.7. The van der Waals surface area contributed by atoms with Gasteiger partial charge in [-0.3, -0.25) is 0 Å². The fourth-order valence-corrected chi connectivity index (χ4v) is 2.96. The van der Waals surface area contributed by atoms with Gasteiger partial charge >= 0.3 is 0 Å². The Balaban J connectivity index is 2.24. The average Bonchev–Trinajstić information content (AvgIpc) is 2.68. The monoisotopic (exact) mass is 274 g/mol. The number of hydrogen-bond donors (Lipinski definition) is 1. The van der Waals surface area contributed by atoms with Gasteiger partial charge in [-0.05, 0) is 40.2 Å². The molecule has 0 atom stereocenters. The van der Waals surface area contributed by atoms with Gasteiger partial charge in [0.1, 0.15) is 5.01 Å². The number of hydrogen-bond acceptors (Lipinski definition) is 3. The number of benzene rings is 1. The third-order valence-electron chi connectivity index (χ3n) is 3.05. The number of nitrogens with one attached hydrogen (secondary N) is 1. The van der Waals surface area contributed by atoms with E-state index in [4.69, 9.17) is 4.98 Å². The predicted molar refractivity (Wildman–Crippen MR) is 83.6 cm³/mol. The molecule has 0 amide bonds. The third kappa shape index (κ3) is 3.64. The van der Waals surface area contributed by atoms with Crippen LogP contribution >= 0.6 is 11.3 Å². The number of aromatic nitrogens is 1. The number of thiazole rings is 1. The Morgan fingerprint density at radius 3 is 2.47 bits per heavy atom. The molecule has 0 saturated heterocycles. The molecule has 3 heteroatoms. The van der Waals surface area contributed by atoms with Gasteiger partial charge in [0, 0.05) is 22.5 Å². The molecule has 2 aromatic rings. The highest BCUT2D eigenvalue weighted by atomic mass is 32.1. The van der Waals surface area contributed by atoms with Crippen LogP contribution in [0, 0.1) is 13.8 Å². The average molecular weight is 274 g/mol. The fourth-order valence-electron chi connectivity index (χ4n) is 1.87. The summed E-state index contributed by atoms with van der Waals surface area (Å²) in [5, 5.41) is 4.66. The van der Waals surface area contributed by atoms with Crippen molar-refractivity contribution in [3.63, 3.8) is 0 Å². The molecule has 0 spiro atoms. The molecule has 1 heterocycles. The maximum Gasteiger partial charge on any atom is 0.124 e. The Kier molecular flexibility index (Phi) is 4.07. The van der Waals surface area contributed by atoms with Crippen molar-refractivity contribution in [1.82, 2.24) is 10.3 Å². The van der Waals surface area contributed by atoms with E-state index in [9.17, 15) is 0 Å². The van der Waals surface area contributed by atoms with Gasteiger partial charge in [-0.1, -0.05) is 24.3 Å². The Morgan fingerprint density at radius 2 is 1.84 bits per heavy atom. The van der Waals surface area contributed by atoms with Gasteiger partial charge in [-0.2, -0.15) is 0 Å². The molecule has 19 heavy (non-hydrogen) atoms. The van der Waals surface area contributed by atoms with Crippen molar-refractivity contribution in [2.45, 2.75) is 46.7 Å². The Hall–Kier alpha value is -1.19. The molecular weight excluding hydrogens is 252 g/mol. The molecule has 0 fully saturated rings.